The number of aryl methyl sites for hydroxylation is 1. The average molecular weight is 383 g/mol. The first kappa shape index (κ1) is 19.3. The van der Waals surface area contributed by atoms with Gasteiger partial charge in [-0.15, -0.1) is 0 Å². The quantitative estimate of drug-likeness (QED) is 0.476. The zero-order chi connectivity index (χ0) is 20.6. The largest absolute Gasteiger partial charge is 0.325 e. The fourth-order valence-corrected chi connectivity index (χ4v) is 4.02. The lowest BCUT2D eigenvalue weighted by Crippen LogP contribution is -2.36. The van der Waals surface area contributed by atoms with Gasteiger partial charge in [0.15, 0.2) is 0 Å². The van der Waals surface area contributed by atoms with E-state index in [9.17, 15) is 0 Å². The van der Waals surface area contributed by atoms with Gasteiger partial charge in [0.25, 0.3) is 0 Å². The van der Waals surface area contributed by atoms with Crippen LogP contribution in [0.25, 0.3) is 11.1 Å². The number of benzene rings is 3. The summed E-state index contributed by atoms with van der Waals surface area (Å²) in [4.78, 5) is 4.73. The molecule has 1 aliphatic rings. The number of hydrogen-bond donors (Lipinski definition) is 0. The Morgan fingerprint density at radius 2 is 1.34 bits per heavy atom. The van der Waals surface area contributed by atoms with E-state index < -0.39 is 0 Å². The summed E-state index contributed by atoms with van der Waals surface area (Å²) in [5, 5.41) is 0. The summed E-state index contributed by atoms with van der Waals surface area (Å²) in [7, 11) is 0. The zero-order valence-electron chi connectivity index (χ0n) is 18.1. The third kappa shape index (κ3) is 3.67. The molecular weight excluding hydrogens is 352 g/mol. The van der Waals surface area contributed by atoms with Crippen molar-refractivity contribution in [2.45, 2.75) is 46.2 Å². The molecule has 0 bridgehead atoms. The normalized spacial score (nSPS) is 16.5. The zero-order valence-corrected chi connectivity index (χ0v) is 18.1. The van der Waals surface area contributed by atoms with Crippen molar-refractivity contribution in [3.05, 3.63) is 96.3 Å². The first-order valence-electron chi connectivity index (χ1n) is 10.4. The smallest absolute Gasteiger partial charge is 0.107 e. The summed E-state index contributed by atoms with van der Waals surface area (Å²) in [6.07, 6.45) is 4.61. The van der Waals surface area contributed by atoms with E-state index in [2.05, 4.69) is 130 Å². The number of anilines is 2. The predicted octanol–water partition coefficient (Wildman–Crippen LogP) is 7.10. The molecule has 29 heavy (non-hydrogen) atoms. The molecule has 0 fully saturated rings. The van der Waals surface area contributed by atoms with Gasteiger partial charge in [0.2, 0.25) is 0 Å². The van der Waals surface area contributed by atoms with E-state index >= 15 is 0 Å². The van der Waals surface area contributed by atoms with E-state index in [1.165, 1.54) is 33.6 Å². The standard InChI is InChI=1S/C27H30N2/c1-20-11-9-10-14-25(20)28-17-18-29(21(28)2)26-16-15-23(27(3,4)5)19-24(26)22-12-7-6-8-13-22/h6-19,21H,1-5H3/t21-/m1/s1. The molecule has 0 spiro atoms. The second kappa shape index (κ2) is 7.44. The van der Waals surface area contributed by atoms with Crippen molar-refractivity contribution in [3.63, 3.8) is 0 Å². The molecule has 0 amide bonds. The molecule has 4 rings (SSSR count). The molecule has 0 radical (unpaired) electrons. The molecule has 1 aliphatic heterocycles. The van der Waals surface area contributed by atoms with Gasteiger partial charge >= 0.3 is 0 Å². The van der Waals surface area contributed by atoms with Gasteiger partial charge in [-0.25, -0.2) is 0 Å². The molecule has 0 saturated carbocycles. The van der Waals surface area contributed by atoms with Crippen molar-refractivity contribution in [1.29, 1.82) is 0 Å². The van der Waals surface area contributed by atoms with Gasteiger partial charge < -0.3 is 9.80 Å². The molecule has 3 aromatic carbocycles. The average Bonchev–Trinajstić information content (AvgIpc) is 3.09. The van der Waals surface area contributed by atoms with E-state index in [1.54, 1.807) is 0 Å². The summed E-state index contributed by atoms with van der Waals surface area (Å²) >= 11 is 0. The van der Waals surface area contributed by atoms with E-state index in [1.807, 2.05) is 0 Å². The van der Waals surface area contributed by atoms with Crippen molar-refractivity contribution in [1.82, 2.24) is 0 Å². The van der Waals surface area contributed by atoms with Crippen LogP contribution in [0.3, 0.4) is 0 Å². The Kier molecular flexibility index (Phi) is 4.96. The SMILES string of the molecule is Cc1ccccc1N1C=CN(c2ccc(C(C)(C)C)cc2-c2ccccc2)[C@@H]1C. The van der Waals surface area contributed by atoms with E-state index in [0.717, 1.165) is 0 Å². The van der Waals surface area contributed by atoms with Crippen LogP contribution in [0.4, 0.5) is 11.4 Å². The third-order valence-corrected chi connectivity index (χ3v) is 5.81. The lowest BCUT2D eigenvalue weighted by atomic mass is 9.85. The Labute approximate surface area is 175 Å². The Hall–Kier alpha value is -3.00. The van der Waals surface area contributed by atoms with Gasteiger partial charge in [-0.05, 0) is 54.2 Å². The molecule has 0 saturated heterocycles. The number of rotatable bonds is 3. The molecule has 0 unspecified atom stereocenters. The lowest BCUT2D eigenvalue weighted by Gasteiger charge is -2.32. The molecule has 0 aliphatic carbocycles. The molecule has 148 valence electrons. The van der Waals surface area contributed by atoms with Gasteiger partial charge in [0.1, 0.15) is 6.17 Å². The second-order valence-corrected chi connectivity index (χ2v) is 8.88. The van der Waals surface area contributed by atoms with Crippen molar-refractivity contribution in [2.75, 3.05) is 9.80 Å². The summed E-state index contributed by atoms with van der Waals surface area (Å²) < 4.78 is 0. The summed E-state index contributed by atoms with van der Waals surface area (Å²) in [6, 6.07) is 26.2. The van der Waals surface area contributed by atoms with Crippen LogP contribution in [0.15, 0.2) is 85.2 Å². The highest BCUT2D eigenvalue weighted by molar-refractivity contribution is 5.81. The summed E-state index contributed by atoms with van der Waals surface area (Å²) in [5.74, 6) is 0. The maximum Gasteiger partial charge on any atom is 0.107 e. The molecule has 2 nitrogen and oxygen atoms in total. The predicted molar refractivity (Wildman–Crippen MR) is 125 cm³/mol. The van der Waals surface area contributed by atoms with Crippen molar-refractivity contribution >= 4 is 11.4 Å². The van der Waals surface area contributed by atoms with E-state index in [4.69, 9.17) is 0 Å². The van der Waals surface area contributed by atoms with Crippen LogP contribution in [-0.2, 0) is 5.41 Å². The first-order chi connectivity index (χ1) is 13.9. The highest BCUT2D eigenvalue weighted by Crippen LogP contribution is 2.39. The minimum Gasteiger partial charge on any atom is -0.325 e. The maximum absolute atomic E-state index is 2.38. The van der Waals surface area contributed by atoms with Gasteiger partial charge in [0, 0.05) is 23.7 Å². The minimum atomic E-state index is 0.113. The molecule has 0 aromatic heterocycles. The highest BCUT2D eigenvalue weighted by Gasteiger charge is 2.27. The summed E-state index contributed by atoms with van der Waals surface area (Å²) in [6.45, 7) is 11.3. The second-order valence-electron chi connectivity index (χ2n) is 8.88. The van der Waals surface area contributed by atoms with Crippen molar-refractivity contribution < 1.29 is 0 Å². The van der Waals surface area contributed by atoms with E-state index in [0.29, 0.717) is 0 Å². The van der Waals surface area contributed by atoms with Crippen LogP contribution >= 0.6 is 0 Å². The van der Waals surface area contributed by atoms with Gasteiger partial charge in [-0.2, -0.15) is 0 Å². The lowest BCUT2D eigenvalue weighted by molar-refractivity contribution is 0.590. The Morgan fingerprint density at radius 3 is 2.00 bits per heavy atom. The highest BCUT2D eigenvalue weighted by atomic mass is 15.4. The molecule has 3 aromatic rings. The first-order valence-corrected chi connectivity index (χ1v) is 10.4. The maximum atomic E-state index is 2.38. The number of nitrogens with zero attached hydrogens (tertiary/aromatic N) is 2. The van der Waals surface area contributed by atoms with E-state index in [-0.39, 0.29) is 11.6 Å². The molecule has 0 N–H and O–H groups in total. The van der Waals surface area contributed by atoms with Crippen molar-refractivity contribution in [3.8, 4) is 11.1 Å². The Balaban J connectivity index is 1.77. The summed E-state index contributed by atoms with van der Waals surface area (Å²) in [5.41, 5.74) is 7.78. The fourth-order valence-electron chi connectivity index (χ4n) is 4.02. The molecule has 1 heterocycles. The van der Waals surface area contributed by atoms with Gasteiger partial charge in [0.05, 0.1) is 5.69 Å². The van der Waals surface area contributed by atoms with Crippen LogP contribution in [0.1, 0.15) is 38.8 Å². The van der Waals surface area contributed by atoms with Gasteiger partial charge in [-0.1, -0.05) is 75.4 Å². The third-order valence-electron chi connectivity index (χ3n) is 5.81. The minimum absolute atomic E-state index is 0.113. The van der Waals surface area contributed by atoms with Crippen LogP contribution in [0.2, 0.25) is 0 Å². The molecule has 2 heteroatoms. The van der Waals surface area contributed by atoms with Crippen LogP contribution in [0.5, 0.6) is 0 Å². The topological polar surface area (TPSA) is 6.48 Å². The van der Waals surface area contributed by atoms with Crippen molar-refractivity contribution in [2.24, 2.45) is 0 Å². The fraction of sp³-hybridized carbons (Fsp3) is 0.259. The Bertz CT molecular complexity index is 1030. The van der Waals surface area contributed by atoms with Crippen LogP contribution < -0.4 is 9.80 Å². The number of hydrogen-bond acceptors (Lipinski definition) is 2. The molecular formula is C27H30N2. The van der Waals surface area contributed by atoms with Crippen LogP contribution in [0, 0.1) is 6.92 Å². The number of para-hydroxylation sites is 1. The molecule has 1 atom stereocenters. The van der Waals surface area contributed by atoms with Crippen LogP contribution in [-0.4, -0.2) is 6.17 Å². The van der Waals surface area contributed by atoms with Gasteiger partial charge in [-0.3, -0.25) is 0 Å². The monoisotopic (exact) mass is 382 g/mol. The Morgan fingerprint density at radius 1 is 0.724 bits per heavy atom.